The number of rotatable bonds is 5. The van der Waals surface area contributed by atoms with Gasteiger partial charge < -0.3 is 4.74 Å². The molecule has 0 N–H and O–H groups in total. The maximum absolute atomic E-state index is 13.0. The summed E-state index contributed by atoms with van der Waals surface area (Å²) in [7, 11) is -3.71. The van der Waals surface area contributed by atoms with Crippen molar-refractivity contribution < 1.29 is 13.2 Å². The second kappa shape index (κ2) is 6.28. The third-order valence-corrected chi connectivity index (χ3v) is 5.54. The van der Waals surface area contributed by atoms with Crippen molar-refractivity contribution >= 4 is 21.1 Å². The normalized spacial score (nSPS) is 12.0. The Labute approximate surface area is 142 Å². The van der Waals surface area contributed by atoms with Crippen LogP contribution < -0.4 is 4.74 Å². The molecule has 5 nitrogen and oxygen atoms in total. The van der Waals surface area contributed by atoms with Crippen LogP contribution in [0.4, 0.5) is 0 Å². The van der Waals surface area contributed by atoms with Crippen molar-refractivity contribution in [3.05, 3.63) is 54.4 Å². The van der Waals surface area contributed by atoms with Crippen molar-refractivity contribution in [1.29, 1.82) is 0 Å². The molecule has 0 saturated carbocycles. The molecule has 126 valence electrons. The third kappa shape index (κ3) is 2.78. The lowest BCUT2D eigenvalue weighted by molar-refractivity contribution is 0.335. The quantitative estimate of drug-likeness (QED) is 0.706. The summed E-state index contributed by atoms with van der Waals surface area (Å²) in [5.41, 5.74) is 2.09. The second-order valence-electron chi connectivity index (χ2n) is 5.82. The number of aromatic nitrogens is 2. The molecule has 0 bridgehead atoms. The van der Waals surface area contributed by atoms with E-state index in [4.69, 9.17) is 4.74 Å². The second-order valence-corrected chi connectivity index (χ2v) is 7.64. The Morgan fingerprint density at radius 3 is 2.62 bits per heavy atom. The van der Waals surface area contributed by atoms with Gasteiger partial charge in [-0.15, -0.1) is 0 Å². The zero-order valence-corrected chi connectivity index (χ0v) is 14.7. The molecule has 0 aliphatic heterocycles. The first-order chi connectivity index (χ1) is 11.4. The molecule has 0 atom stereocenters. The van der Waals surface area contributed by atoms with Crippen LogP contribution in [0.5, 0.6) is 5.75 Å². The van der Waals surface area contributed by atoms with Gasteiger partial charge in [0, 0.05) is 0 Å². The van der Waals surface area contributed by atoms with Crippen LogP contribution in [-0.4, -0.2) is 24.0 Å². The van der Waals surface area contributed by atoms with E-state index >= 15 is 0 Å². The van der Waals surface area contributed by atoms with E-state index in [1.165, 1.54) is 10.3 Å². The number of ether oxygens (including phenoxy) is 1. The zero-order chi connectivity index (χ0) is 17.3. The smallest absolute Gasteiger partial charge is 0.269 e. The van der Waals surface area contributed by atoms with Crippen LogP contribution in [0, 0.1) is 0 Å². The standard InChI is InChI=1S/C18H20N2O3S/c1-4-23-18-10-9-14(11-15(18)13(2)3)24(21,22)20-12-19-16-7-5-6-8-17(16)20/h5-13H,4H2,1-3H3. The number of para-hydroxylation sites is 2. The van der Waals surface area contributed by atoms with Crippen LogP contribution in [-0.2, 0) is 10.0 Å². The molecule has 6 heteroatoms. The van der Waals surface area contributed by atoms with Crippen LogP contribution in [0.25, 0.3) is 11.0 Å². The largest absolute Gasteiger partial charge is 0.494 e. The summed E-state index contributed by atoms with van der Waals surface area (Å²) in [6.45, 7) is 6.48. The highest BCUT2D eigenvalue weighted by Gasteiger charge is 2.21. The van der Waals surface area contributed by atoms with Gasteiger partial charge >= 0.3 is 0 Å². The van der Waals surface area contributed by atoms with E-state index in [0.29, 0.717) is 17.6 Å². The van der Waals surface area contributed by atoms with Gasteiger partial charge in [-0.1, -0.05) is 26.0 Å². The Morgan fingerprint density at radius 2 is 1.92 bits per heavy atom. The topological polar surface area (TPSA) is 61.2 Å². The Balaban J connectivity index is 2.15. The summed E-state index contributed by atoms with van der Waals surface area (Å²) >= 11 is 0. The van der Waals surface area contributed by atoms with E-state index in [1.807, 2.05) is 26.8 Å². The van der Waals surface area contributed by atoms with E-state index in [1.54, 1.807) is 36.4 Å². The maximum Gasteiger partial charge on any atom is 0.269 e. The van der Waals surface area contributed by atoms with Gasteiger partial charge in [-0.25, -0.2) is 17.4 Å². The predicted molar refractivity (Wildman–Crippen MR) is 94.0 cm³/mol. The first kappa shape index (κ1) is 16.5. The molecule has 0 aliphatic carbocycles. The lowest BCUT2D eigenvalue weighted by Crippen LogP contribution is -2.12. The molecule has 3 rings (SSSR count). The molecular weight excluding hydrogens is 324 g/mol. The van der Waals surface area contributed by atoms with Crippen LogP contribution in [0.2, 0.25) is 0 Å². The average molecular weight is 344 g/mol. The number of hydrogen-bond donors (Lipinski definition) is 0. The number of imidazole rings is 1. The van der Waals surface area contributed by atoms with Crippen LogP contribution in [0.3, 0.4) is 0 Å². The molecule has 0 radical (unpaired) electrons. The van der Waals surface area contributed by atoms with Crippen molar-refractivity contribution in [2.24, 2.45) is 0 Å². The fourth-order valence-corrected chi connectivity index (χ4v) is 3.99. The highest BCUT2D eigenvalue weighted by Crippen LogP contribution is 2.30. The fourth-order valence-electron chi connectivity index (χ4n) is 2.67. The van der Waals surface area contributed by atoms with Gasteiger partial charge in [0.25, 0.3) is 10.0 Å². The number of fused-ring (bicyclic) bond motifs is 1. The lowest BCUT2D eigenvalue weighted by atomic mass is 10.0. The minimum absolute atomic E-state index is 0.154. The van der Waals surface area contributed by atoms with E-state index in [2.05, 4.69) is 4.98 Å². The summed E-state index contributed by atoms with van der Waals surface area (Å²) in [5.74, 6) is 0.878. The van der Waals surface area contributed by atoms with Crippen LogP contribution in [0.1, 0.15) is 32.3 Å². The Morgan fingerprint density at radius 1 is 1.17 bits per heavy atom. The van der Waals surface area contributed by atoms with Gasteiger partial charge in [0.2, 0.25) is 0 Å². The SMILES string of the molecule is CCOc1ccc(S(=O)(=O)n2cnc3ccccc32)cc1C(C)C. The van der Waals surface area contributed by atoms with Gasteiger partial charge in [-0.2, -0.15) is 0 Å². The van der Waals surface area contributed by atoms with Crippen molar-refractivity contribution in [3.63, 3.8) is 0 Å². The molecule has 24 heavy (non-hydrogen) atoms. The highest BCUT2D eigenvalue weighted by atomic mass is 32.2. The predicted octanol–water partition coefficient (Wildman–Crippen LogP) is 3.80. The van der Waals surface area contributed by atoms with Crippen molar-refractivity contribution in [1.82, 2.24) is 8.96 Å². The molecule has 0 spiro atoms. The van der Waals surface area contributed by atoms with Crippen molar-refractivity contribution in [3.8, 4) is 5.75 Å². The van der Waals surface area contributed by atoms with E-state index in [-0.39, 0.29) is 10.8 Å². The maximum atomic E-state index is 13.0. The zero-order valence-electron chi connectivity index (χ0n) is 13.9. The van der Waals surface area contributed by atoms with Gasteiger partial charge in [0.15, 0.2) is 0 Å². The molecule has 0 aliphatic rings. The van der Waals surface area contributed by atoms with Crippen molar-refractivity contribution in [2.45, 2.75) is 31.6 Å². The average Bonchev–Trinajstić information content (AvgIpc) is 3.00. The van der Waals surface area contributed by atoms with Gasteiger partial charge in [0.05, 0.1) is 22.5 Å². The van der Waals surface area contributed by atoms with E-state index in [0.717, 1.165) is 11.3 Å². The van der Waals surface area contributed by atoms with Crippen LogP contribution in [0.15, 0.2) is 53.7 Å². The Kier molecular flexibility index (Phi) is 4.32. The highest BCUT2D eigenvalue weighted by molar-refractivity contribution is 7.90. The van der Waals surface area contributed by atoms with Gasteiger partial charge in [-0.05, 0) is 48.7 Å². The molecule has 0 unspecified atom stereocenters. The number of hydrogen-bond acceptors (Lipinski definition) is 4. The number of nitrogens with zero attached hydrogens (tertiary/aromatic N) is 2. The molecule has 2 aromatic carbocycles. The minimum Gasteiger partial charge on any atom is -0.494 e. The minimum atomic E-state index is -3.71. The first-order valence-electron chi connectivity index (χ1n) is 7.89. The number of benzene rings is 2. The molecule has 0 saturated heterocycles. The molecule has 0 fully saturated rings. The Bertz CT molecular complexity index is 975. The van der Waals surface area contributed by atoms with Gasteiger partial charge in [0.1, 0.15) is 12.1 Å². The Hall–Kier alpha value is -2.34. The fraction of sp³-hybridized carbons (Fsp3) is 0.278. The van der Waals surface area contributed by atoms with Gasteiger partial charge in [-0.3, -0.25) is 0 Å². The lowest BCUT2D eigenvalue weighted by Gasteiger charge is -2.15. The molecule has 3 aromatic rings. The molecule has 1 heterocycles. The van der Waals surface area contributed by atoms with E-state index in [9.17, 15) is 8.42 Å². The van der Waals surface area contributed by atoms with E-state index < -0.39 is 10.0 Å². The first-order valence-corrected chi connectivity index (χ1v) is 9.33. The molecule has 1 aromatic heterocycles. The van der Waals surface area contributed by atoms with Crippen molar-refractivity contribution in [2.75, 3.05) is 6.61 Å². The molecule has 0 amide bonds. The van der Waals surface area contributed by atoms with Crippen LogP contribution >= 0.6 is 0 Å². The summed E-state index contributed by atoms with van der Waals surface area (Å²) in [6, 6.07) is 12.2. The summed E-state index contributed by atoms with van der Waals surface area (Å²) < 4.78 is 32.9. The third-order valence-electron chi connectivity index (χ3n) is 3.88. The summed E-state index contributed by atoms with van der Waals surface area (Å²) in [6.07, 6.45) is 1.35. The molecular formula is C18H20N2O3S. The summed E-state index contributed by atoms with van der Waals surface area (Å²) in [4.78, 5) is 4.41. The summed E-state index contributed by atoms with van der Waals surface area (Å²) in [5, 5.41) is 0. The monoisotopic (exact) mass is 344 g/mol.